The molecular weight excluding hydrogens is 272 g/mol. The monoisotopic (exact) mass is 288 g/mol. The molecule has 104 valence electrons. The smallest absolute Gasteiger partial charge is 0.410 e. The molecule has 0 saturated carbocycles. The molecule has 1 fully saturated rings. The summed E-state index contributed by atoms with van der Waals surface area (Å²) in [5.41, 5.74) is 1.01. The summed E-state index contributed by atoms with van der Waals surface area (Å²) in [5, 5.41) is 2.94. The number of thiazole rings is 1. The number of carbonyl (C=O) groups excluding carboxylic acids is 1. The first-order valence-electron chi connectivity index (χ1n) is 6.71. The molecule has 0 N–H and O–H groups in total. The predicted octanol–water partition coefficient (Wildman–Crippen LogP) is 3.62. The highest BCUT2D eigenvalue weighted by atomic mass is 32.1. The quantitative estimate of drug-likeness (QED) is 0.866. The Morgan fingerprint density at radius 3 is 3.00 bits per heavy atom. The largest absolute Gasteiger partial charge is 0.445 e. The summed E-state index contributed by atoms with van der Waals surface area (Å²) in [6, 6.07) is 9.82. The summed E-state index contributed by atoms with van der Waals surface area (Å²) in [4.78, 5) is 18.3. The van der Waals surface area contributed by atoms with Crippen molar-refractivity contribution in [2.75, 3.05) is 6.54 Å². The van der Waals surface area contributed by atoms with E-state index < -0.39 is 0 Å². The number of hydrogen-bond donors (Lipinski definition) is 0. The number of rotatable bonds is 3. The fourth-order valence-electron chi connectivity index (χ4n) is 2.44. The van der Waals surface area contributed by atoms with Crippen LogP contribution in [0.2, 0.25) is 0 Å². The van der Waals surface area contributed by atoms with E-state index in [1.807, 2.05) is 35.7 Å². The van der Waals surface area contributed by atoms with Crippen molar-refractivity contribution in [2.24, 2.45) is 0 Å². The van der Waals surface area contributed by atoms with Gasteiger partial charge in [-0.3, -0.25) is 4.90 Å². The van der Waals surface area contributed by atoms with Crippen LogP contribution in [0, 0.1) is 0 Å². The van der Waals surface area contributed by atoms with Crippen LogP contribution in [-0.2, 0) is 11.3 Å². The third-order valence-corrected chi connectivity index (χ3v) is 4.31. The average molecular weight is 288 g/mol. The molecule has 1 aliphatic heterocycles. The third kappa shape index (κ3) is 2.82. The second-order valence-electron chi connectivity index (χ2n) is 4.76. The predicted molar refractivity (Wildman–Crippen MR) is 77.4 cm³/mol. The normalized spacial score (nSPS) is 18.2. The lowest BCUT2D eigenvalue weighted by Crippen LogP contribution is -2.31. The molecule has 1 atom stereocenters. The molecule has 3 rings (SSSR count). The van der Waals surface area contributed by atoms with Crippen molar-refractivity contribution in [2.45, 2.75) is 25.5 Å². The average Bonchev–Trinajstić information content (AvgIpc) is 3.15. The summed E-state index contributed by atoms with van der Waals surface area (Å²) >= 11 is 1.60. The number of amides is 1. The van der Waals surface area contributed by atoms with Crippen LogP contribution >= 0.6 is 11.3 Å². The molecule has 20 heavy (non-hydrogen) atoms. The summed E-state index contributed by atoms with van der Waals surface area (Å²) < 4.78 is 5.40. The Bertz CT molecular complexity index is 557. The van der Waals surface area contributed by atoms with Gasteiger partial charge in [0.1, 0.15) is 11.6 Å². The Labute approximate surface area is 122 Å². The van der Waals surface area contributed by atoms with Crippen LogP contribution in [-0.4, -0.2) is 22.5 Å². The van der Waals surface area contributed by atoms with Crippen molar-refractivity contribution in [1.29, 1.82) is 0 Å². The number of nitrogens with zero attached hydrogens (tertiary/aromatic N) is 2. The van der Waals surface area contributed by atoms with Crippen molar-refractivity contribution < 1.29 is 9.53 Å². The molecule has 2 aromatic rings. The molecule has 4 nitrogen and oxygen atoms in total. The van der Waals surface area contributed by atoms with Gasteiger partial charge in [-0.25, -0.2) is 9.78 Å². The topological polar surface area (TPSA) is 42.4 Å². The summed E-state index contributed by atoms with van der Waals surface area (Å²) in [6.07, 6.45) is 3.51. The van der Waals surface area contributed by atoms with Gasteiger partial charge in [-0.05, 0) is 18.4 Å². The van der Waals surface area contributed by atoms with Crippen LogP contribution in [0.15, 0.2) is 41.9 Å². The molecule has 1 amide bonds. The van der Waals surface area contributed by atoms with Gasteiger partial charge in [-0.2, -0.15) is 0 Å². The first kappa shape index (κ1) is 13.1. The van der Waals surface area contributed by atoms with Gasteiger partial charge in [-0.1, -0.05) is 30.3 Å². The SMILES string of the molecule is O=C(OCc1ccccc1)N1CCCC1c1nccs1. The van der Waals surface area contributed by atoms with E-state index in [0.717, 1.165) is 30.0 Å². The van der Waals surface area contributed by atoms with Crippen LogP contribution in [0.4, 0.5) is 4.79 Å². The maximum absolute atomic E-state index is 12.2. The highest BCUT2D eigenvalue weighted by molar-refractivity contribution is 7.09. The number of benzene rings is 1. The molecule has 1 aromatic carbocycles. The Hall–Kier alpha value is -1.88. The van der Waals surface area contributed by atoms with E-state index in [9.17, 15) is 4.79 Å². The highest BCUT2D eigenvalue weighted by Crippen LogP contribution is 2.33. The molecule has 5 heteroatoms. The summed E-state index contributed by atoms with van der Waals surface area (Å²) in [6.45, 7) is 1.07. The Morgan fingerprint density at radius 1 is 1.40 bits per heavy atom. The van der Waals surface area contributed by atoms with Crippen LogP contribution in [0.5, 0.6) is 0 Å². The van der Waals surface area contributed by atoms with Crippen LogP contribution < -0.4 is 0 Å². The second-order valence-corrected chi connectivity index (χ2v) is 5.69. The number of ether oxygens (including phenoxy) is 1. The molecule has 0 aliphatic carbocycles. The van der Waals surface area contributed by atoms with Crippen molar-refractivity contribution in [3.8, 4) is 0 Å². The molecule has 2 heterocycles. The lowest BCUT2D eigenvalue weighted by atomic mass is 10.2. The molecule has 0 radical (unpaired) electrons. The van der Waals surface area contributed by atoms with Gasteiger partial charge in [0, 0.05) is 18.1 Å². The number of carbonyl (C=O) groups is 1. The number of likely N-dealkylation sites (tertiary alicyclic amines) is 1. The summed E-state index contributed by atoms with van der Waals surface area (Å²) in [5.74, 6) is 0. The van der Waals surface area contributed by atoms with Gasteiger partial charge in [-0.15, -0.1) is 11.3 Å². The van der Waals surface area contributed by atoms with Gasteiger partial charge >= 0.3 is 6.09 Å². The van der Waals surface area contributed by atoms with Crippen molar-refractivity contribution >= 4 is 17.4 Å². The van der Waals surface area contributed by atoms with E-state index in [1.54, 1.807) is 22.4 Å². The zero-order valence-electron chi connectivity index (χ0n) is 11.1. The fourth-order valence-corrected chi connectivity index (χ4v) is 3.23. The fraction of sp³-hybridized carbons (Fsp3) is 0.333. The van der Waals surface area contributed by atoms with E-state index in [4.69, 9.17) is 4.74 Å². The van der Waals surface area contributed by atoms with Crippen LogP contribution in [0.3, 0.4) is 0 Å². The molecule has 0 spiro atoms. The summed E-state index contributed by atoms with van der Waals surface area (Å²) in [7, 11) is 0. The van der Waals surface area contributed by atoms with E-state index in [2.05, 4.69) is 4.98 Å². The molecular formula is C15H16N2O2S. The van der Waals surface area contributed by atoms with Crippen molar-refractivity contribution in [1.82, 2.24) is 9.88 Å². The second kappa shape index (κ2) is 6.05. The minimum Gasteiger partial charge on any atom is -0.445 e. The lowest BCUT2D eigenvalue weighted by Gasteiger charge is -2.22. The van der Waals surface area contributed by atoms with Crippen LogP contribution in [0.1, 0.15) is 29.5 Å². The standard InChI is InChI=1S/C15H16N2O2S/c18-15(19-11-12-5-2-1-3-6-12)17-9-4-7-13(17)14-16-8-10-20-14/h1-3,5-6,8,10,13H,4,7,9,11H2. The zero-order chi connectivity index (χ0) is 13.8. The Morgan fingerprint density at radius 2 is 2.25 bits per heavy atom. The van der Waals surface area contributed by atoms with E-state index in [-0.39, 0.29) is 12.1 Å². The van der Waals surface area contributed by atoms with Crippen molar-refractivity contribution in [3.63, 3.8) is 0 Å². The molecule has 0 bridgehead atoms. The van der Waals surface area contributed by atoms with Gasteiger partial charge in [0.15, 0.2) is 0 Å². The van der Waals surface area contributed by atoms with Gasteiger partial charge in [0.25, 0.3) is 0 Å². The third-order valence-electron chi connectivity index (χ3n) is 3.43. The number of hydrogen-bond acceptors (Lipinski definition) is 4. The van der Waals surface area contributed by atoms with Crippen LogP contribution in [0.25, 0.3) is 0 Å². The number of aromatic nitrogens is 1. The van der Waals surface area contributed by atoms with E-state index in [0.29, 0.717) is 6.61 Å². The maximum Gasteiger partial charge on any atom is 0.410 e. The van der Waals surface area contributed by atoms with Crippen molar-refractivity contribution in [3.05, 3.63) is 52.5 Å². The van der Waals surface area contributed by atoms with Gasteiger partial charge in [0.05, 0.1) is 6.04 Å². The molecule has 1 saturated heterocycles. The first-order valence-corrected chi connectivity index (χ1v) is 7.59. The van der Waals surface area contributed by atoms with Gasteiger partial charge in [0.2, 0.25) is 0 Å². The molecule has 1 aromatic heterocycles. The van der Waals surface area contributed by atoms with Gasteiger partial charge < -0.3 is 4.74 Å². The lowest BCUT2D eigenvalue weighted by molar-refractivity contribution is 0.0920. The molecule has 1 unspecified atom stereocenters. The Kier molecular flexibility index (Phi) is 3.97. The first-order chi connectivity index (χ1) is 9.84. The minimum absolute atomic E-state index is 0.0817. The Balaban J connectivity index is 1.62. The van der Waals surface area contributed by atoms with E-state index >= 15 is 0 Å². The molecule has 1 aliphatic rings. The minimum atomic E-state index is -0.244. The maximum atomic E-state index is 12.2. The van der Waals surface area contributed by atoms with E-state index in [1.165, 1.54) is 0 Å². The highest BCUT2D eigenvalue weighted by Gasteiger charge is 2.32. The zero-order valence-corrected chi connectivity index (χ0v) is 11.9.